The minimum atomic E-state index is 0.0790. The second-order valence-corrected chi connectivity index (χ2v) is 11.2. The molecule has 2 unspecified atom stereocenters. The molecule has 0 fully saturated rings. The van der Waals surface area contributed by atoms with Gasteiger partial charge in [0.05, 0.1) is 0 Å². The summed E-state index contributed by atoms with van der Waals surface area (Å²) in [6.07, 6.45) is 8.08. The molecule has 2 aliphatic carbocycles. The Kier molecular flexibility index (Phi) is 5.82. The van der Waals surface area contributed by atoms with E-state index in [9.17, 15) is 4.79 Å². The highest BCUT2D eigenvalue weighted by molar-refractivity contribution is 6.11. The zero-order valence-electron chi connectivity index (χ0n) is 23.1. The Morgan fingerprint density at radius 3 is 1.95 bits per heavy atom. The van der Waals surface area contributed by atoms with E-state index < -0.39 is 0 Å². The number of hydrogen-bond acceptors (Lipinski definition) is 1. The third kappa shape index (κ3) is 3.82. The zero-order chi connectivity index (χ0) is 28.0. The van der Waals surface area contributed by atoms with E-state index in [1.54, 1.807) is 0 Å². The van der Waals surface area contributed by atoms with Gasteiger partial charge in [0.1, 0.15) is 0 Å². The number of aldehydes is 1. The highest BCUT2D eigenvalue weighted by Crippen LogP contribution is 2.55. The molecule has 0 aromatic heterocycles. The monoisotopic (exact) mass is 536 g/mol. The number of hydrogen-bond donors (Lipinski definition) is 0. The molecule has 0 heterocycles. The van der Waals surface area contributed by atoms with Crippen molar-refractivity contribution in [1.82, 2.24) is 0 Å². The van der Waals surface area contributed by atoms with Crippen LogP contribution in [-0.4, -0.2) is 6.29 Å². The van der Waals surface area contributed by atoms with Crippen molar-refractivity contribution in [2.75, 3.05) is 0 Å². The normalized spacial score (nSPS) is 16.7. The fourth-order valence-electron chi connectivity index (χ4n) is 7.14. The highest BCUT2D eigenvalue weighted by Gasteiger charge is 2.36. The van der Waals surface area contributed by atoms with Crippen molar-refractivity contribution >= 4 is 34.8 Å². The summed E-state index contributed by atoms with van der Waals surface area (Å²) in [6.45, 7) is 0. The lowest BCUT2D eigenvalue weighted by Gasteiger charge is -2.37. The van der Waals surface area contributed by atoms with E-state index in [0.717, 1.165) is 17.4 Å². The van der Waals surface area contributed by atoms with Gasteiger partial charge in [-0.15, -0.1) is 0 Å². The number of allylic oxidation sites excluding steroid dienone is 2. The van der Waals surface area contributed by atoms with Crippen LogP contribution in [0.1, 0.15) is 50.0 Å². The summed E-state index contributed by atoms with van der Waals surface area (Å²) in [5, 5.41) is 2.61. The Hall–Kier alpha value is -5.27. The molecule has 0 radical (unpaired) electrons. The van der Waals surface area contributed by atoms with Crippen LogP contribution in [0.25, 0.3) is 50.8 Å². The van der Waals surface area contributed by atoms with Crippen LogP contribution in [0, 0.1) is 0 Å². The number of benzene rings is 6. The molecule has 0 saturated heterocycles. The molecular formula is C41H28O. The quantitative estimate of drug-likeness (QED) is 0.200. The molecule has 0 bridgehead atoms. The van der Waals surface area contributed by atoms with Gasteiger partial charge in [0, 0.05) is 17.4 Å². The van der Waals surface area contributed by atoms with Gasteiger partial charge in [-0.05, 0) is 72.5 Å². The van der Waals surface area contributed by atoms with Crippen LogP contribution >= 0.6 is 0 Å². The first-order valence-electron chi connectivity index (χ1n) is 14.6. The highest BCUT2D eigenvalue weighted by atomic mass is 16.1. The molecule has 6 aromatic carbocycles. The van der Waals surface area contributed by atoms with Crippen LogP contribution in [0.3, 0.4) is 0 Å². The molecule has 0 saturated carbocycles. The lowest BCUT2D eigenvalue weighted by atomic mass is 9.65. The lowest BCUT2D eigenvalue weighted by Crippen LogP contribution is -2.19. The van der Waals surface area contributed by atoms with Crippen molar-refractivity contribution in [2.45, 2.75) is 11.8 Å². The van der Waals surface area contributed by atoms with Gasteiger partial charge in [-0.2, -0.15) is 0 Å². The first-order valence-corrected chi connectivity index (χ1v) is 14.6. The fourth-order valence-corrected chi connectivity index (χ4v) is 7.14. The van der Waals surface area contributed by atoms with Gasteiger partial charge >= 0.3 is 0 Å². The second kappa shape index (κ2) is 9.98. The predicted molar refractivity (Wildman–Crippen MR) is 175 cm³/mol. The summed E-state index contributed by atoms with van der Waals surface area (Å²) in [6, 6.07) is 47.2. The molecule has 2 aliphatic rings. The Labute approximate surface area is 246 Å². The molecule has 2 atom stereocenters. The van der Waals surface area contributed by atoms with E-state index in [4.69, 9.17) is 0 Å². The maximum Gasteiger partial charge on any atom is 0.150 e. The Morgan fingerprint density at radius 1 is 0.595 bits per heavy atom. The molecule has 0 aliphatic heterocycles. The number of carbonyl (C=O) groups is 1. The first kappa shape index (κ1) is 24.5. The smallest absolute Gasteiger partial charge is 0.150 e. The summed E-state index contributed by atoms with van der Waals surface area (Å²) in [7, 11) is 0. The van der Waals surface area contributed by atoms with Crippen LogP contribution in [0.15, 0.2) is 140 Å². The van der Waals surface area contributed by atoms with Gasteiger partial charge in [-0.1, -0.05) is 146 Å². The van der Waals surface area contributed by atoms with E-state index in [1.165, 1.54) is 60.9 Å². The van der Waals surface area contributed by atoms with Crippen molar-refractivity contribution in [3.8, 4) is 22.3 Å². The Balaban J connectivity index is 1.48. The third-order valence-electron chi connectivity index (χ3n) is 8.95. The lowest BCUT2D eigenvalue weighted by molar-refractivity contribution is 0.112. The predicted octanol–water partition coefficient (Wildman–Crippen LogP) is 10.4. The van der Waals surface area contributed by atoms with Crippen LogP contribution < -0.4 is 0 Å². The summed E-state index contributed by atoms with van der Waals surface area (Å²) >= 11 is 0. The van der Waals surface area contributed by atoms with Crippen molar-refractivity contribution in [2.24, 2.45) is 0 Å². The van der Waals surface area contributed by atoms with Crippen LogP contribution in [0.2, 0.25) is 0 Å². The van der Waals surface area contributed by atoms with Gasteiger partial charge in [-0.3, -0.25) is 4.79 Å². The molecule has 42 heavy (non-hydrogen) atoms. The second-order valence-electron chi connectivity index (χ2n) is 11.2. The number of rotatable bonds is 5. The first-order chi connectivity index (χ1) is 20.8. The minimum Gasteiger partial charge on any atom is -0.298 e. The van der Waals surface area contributed by atoms with Crippen molar-refractivity contribution in [1.29, 1.82) is 0 Å². The van der Waals surface area contributed by atoms with Crippen molar-refractivity contribution in [3.63, 3.8) is 0 Å². The average molecular weight is 537 g/mol. The molecule has 0 spiro atoms. The topological polar surface area (TPSA) is 17.1 Å². The standard InChI is InChI=1S/C41H28O/c42-26-31-18-10-11-19-32(31)38-24-30-20-21-33-36(27-12-4-1-5-13-27)25-37(28-14-6-2-7-15-28)34-22-23-35(40(30)41(33)34)39(38)29-16-8-3-9-17-29/h1-26,35,39H. The van der Waals surface area contributed by atoms with E-state index >= 15 is 0 Å². The largest absolute Gasteiger partial charge is 0.298 e. The Bertz CT molecular complexity index is 2030. The molecule has 8 rings (SSSR count). The maximum atomic E-state index is 12.2. The van der Waals surface area contributed by atoms with Gasteiger partial charge < -0.3 is 0 Å². The maximum absolute atomic E-state index is 12.2. The SMILES string of the molecule is O=Cc1ccccc1C1=Cc2ccc3c(-c4ccccc4)cc(-c4ccccc4)c4c3c2C(C=C4)C1c1ccccc1. The summed E-state index contributed by atoms with van der Waals surface area (Å²) in [5.41, 5.74) is 13.0. The fraction of sp³-hybridized carbons (Fsp3) is 0.0488. The molecule has 1 nitrogen and oxygen atoms in total. The van der Waals surface area contributed by atoms with E-state index in [2.05, 4.69) is 133 Å². The molecule has 0 N–H and O–H groups in total. The molecular weight excluding hydrogens is 508 g/mol. The van der Waals surface area contributed by atoms with Crippen LogP contribution in [0.5, 0.6) is 0 Å². The van der Waals surface area contributed by atoms with E-state index in [1.807, 2.05) is 18.2 Å². The molecule has 1 heteroatoms. The van der Waals surface area contributed by atoms with E-state index in [0.29, 0.717) is 0 Å². The van der Waals surface area contributed by atoms with Gasteiger partial charge in [0.25, 0.3) is 0 Å². The molecule has 0 amide bonds. The van der Waals surface area contributed by atoms with Crippen LogP contribution in [-0.2, 0) is 0 Å². The number of carbonyl (C=O) groups excluding carboxylic acids is 1. The third-order valence-corrected chi connectivity index (χ3v) is 8.95. The Morgan fingerprint density at radius 2 is 1.24 bits per heavy atom. The van der Waals surface area contributed by atoms with Crippen LogP contribution in [0.4, 0.5) is 0 Å². The minimum absolute atomic E-state index is 0.0790. The average Bonchev–Trinajstić information content (AvgIpc) is 3.07. The van der Waals surface area contributed by atoms with E-state index in [-0.39, 0.29) is 11.8 Å². The van der Waals surface area contributed by atoms with Gasteiger partial charge in [0.15, 0.2) is 6.29 Å². The molecule has 198 valence electrons. The van der Waals surface area contributed by atoms with Crippen molar-refractivity contribution < 1.29 is 4.79 Å². The van der Waals surface area contributed by atoms with Gasteiger partial charge in [0.2, 0.25) is 0 Å². The molecule has 6 aromatic rings. The summed E-state index contributed by atoms with van der Waals surface area (Å²) < 4.78 is 0. The summed E-state index contributed by atoms with van der Waals surface area (Å²) in [4.78, 5) is 12.2. The van der Waals surface area contributed by atoms with Crippen molar-refractivity contribution in [3.05, 3.63) is 173 Å². The van der Waals surface area contributed by atoms with Gasteiger partial charge in [-0.25, -0.2) is 0 Å². The summed E-state index contributed by atoms with van der Waals surface area (Å²) in [5.74, 6) is 0.211. The zero-order valence-corrected chi connectivity index (χ0v) is 23.1.